The summed E-state index contributed by atoms with van der Waals surface area (Å²) >= 11 is 0. The van der Waals surface area contributed by atoms with E-state index in [1.54, 1.807) is 11.8 Å². The summed E-state index contributed by atoms with van der Waals surface area (Å²) in [6.07, 6.45) is 2.64. The lowest BCUT2D eigenvalue weighted by Crippen LogP contribution is -2.69. The van der Waals surface area contributed by atoms with Crippen LogP contribution in [0.2, 0.25) is 0 Å². The number of carbonyl (C=O) groups excluding carboxylic acids is 1. The normalized spacial score (nSPS) is 30.0. The lowest BCUT2D eigenvalue weighted by molar-refractivity contribution is -0.177. The molecule has 1 saturated heterocycles. The van der Waals surface area contributed by atoms with E-state index in [-0.39, 0.29) is 23.1 Å². The average molecular weight is 336 g/mol. The van der Waals surface area contributed by atoms with Crippen LogP contribution >= 0.6 is 0 Å². The number of nitrogens with one attached hydrogen (secondary N) is 1. The Morgan fingerprint density at radius 2 is 1.96 bits per heavy atom. The van der Waals surface area contributed by atoms with Gasteiger partial charge in [-0.2, -0.15) is 0 Å². The van der Waals surface area contributed by atoms with Crippen LogP contribution in [0.4, 0.5) is 4.79 Å². The van der Waals surface area contributed by atoms with Gasteiger partial charge in [0, 0.05) is 44.6 Å². The van der Waals surface area contributed by atoms with Crippen molar-refractivity contribution in [2.45, 2.75) is 57.6 Å². The van der Waals surface area contributed by atoms with Gasteiger partial charge in [0.25, 0.3) is 0 Å². The number of tetrazole rings is 1. The highest BCUT2D eigenvalue weighted by Crippen LogP contribution is 2.51. The molecule has 1 aliphatic carbocycles. The molecule has 1 aliphatic heterocycles. The molecule has 0 radical (unpaired) electrons. The van der Waals surface area contributed by atoms with Crippen LogP contribution in [0.1, 0.15) is 51.8 Å². The SMILES string of the molecule is COC1(C)CC(NC(=O)N2CCC(c3nnnn3C)CC2)C1(C)C. The predicted molar refractivity (Wildman–Crippen MR) is 88.5 cm³/mol. The first-order valence-corrected chi connectivity index (χ1v) is 8.61. The van der Waals surface area contributed by atoms with Crippen molar-refractivity contribution in [3.63, 3.8) is 0 Å². The second-order valence-corrected chi connectivity index (χ2v) is 7.78. The van der Waals surface area contributed by atoms with Gasteiger partial charge in [0.2, 0.25) is 0 Å². The van der Waals surface area contributed by atoms with Crippen LogP contribution < -0.4 is 5.32 Å². The zero-order valence-corrected chi connectivity index (χ0v) is 15.2. The molecule has 3 rings (SSSR count). The maximum Gasteiger partial charge on any atom is 0.317 e. The summed E-state index contributed by atoms with van der Waals surface area (Å²) in [7, 11) is 3.60. The Labute approximate surface area is 142 Å². The largest absolute Gasteiger partial charge is 0.378 e. The number of carbonyl (C=O) groups is 1. The minimum atomic E-state index is -0.170. The van der Waals surface area contributed by atoms with Crippen molar-refractivity contribution in [2.75, 3.05) is 20.2 Å². The number of rotatable bonds is 3. The lowest BCUT2D eigenvalue weighted by atomic mass is 9.56. The highest BCUT2D eigenvalue weighted by atomic mass is 16.5. The Morgan fingerprint density at radius 3 is 2.46 bits per heavy atom. The molecule has 2 amide bonds. The van der Waals surface area contributed by atoms with E-state index in [1.165, 1.54) is 0 Å². The van der Waals surface area contributed by atoms with Gasteiger partial charge in [0.15, 0.2) is 5.82 Å². The summed E-state index contributed by atoms with van der Waals surface area (Å²) in [5.74, 6) is 1.23. The van der Waals surface area contributed by atoms with Crippen LogP contribution in [0.25, 0.3) is 0 Å². The number of methoxy groups -OCH3 is 1. The molecule has 134 valence electrons. The molecule has 2 heterocycles. The fourth-order valence-electron chi connectivity index (χ4n) is 3.89. The molecule has 2 atom stereocenters. The van der Waals surface area contributed by atoms with Crippen molar-refractivity contribution >= 4 is 6.03 Å². The van der Waals surface area contributed by atoms with Gasteiger partial charge in [0.1, 0.15) is 0 Å². The van der Waals surface area contributed by atoms with E-state index in [1.807, 2.05) is 11.9 Å². The summed E-state index contributed by atoms with van der Waals surface area (Å²) in [4.78, 5) is 14.5. The van der Waals surface area contributed by atoms with E-state index in [2.05, 4.69) is 41.6 Å². The van der Waals surface area contributed by atoms with Crippen LogP contribution in [-0.2, 0) is 11.8 Å². The fraction of sp³-hybridized carbons (Fsp3) is 0.875. The van der Waals surface area contributed by atoms with E-state index in [9.17, 15) is 4.79 Å². The number of piperidine rings is 1. The fourth-order valence-corrected chi connectivity index (χ4v) is 3.89. The molecule has 1 aromatic rings. The van der Waals surface area contributed by atoms with Gasteiger partial charge in [0.05, 0.1) is 5.60 Å². The van der Waals surface area contributed by atoms with E-state index < -0.39 is 0 Å². The molecule has 24 heavy (non-hydrogen) atoms. The van der Waals surface area contributed by atoms with E-state index in [0.29, 0.717) is 5.92 Å². The molecule has 1 aromatic heterocycles. The minimum absolute atomic E-state index is 0.0285. The van der Waals surface area contributed by atoms with Crippen molar-refractivity contribution in [3.8, 4) is 0 Å². The molecule has 1 saturated carbocycles. The highest BCUT2D eigenvalue weighted by molar-refractivity contribution is 5.75. The third-order valence-corrected chi connectivity index (χ3v) is 6.38. The van der Waals surface area contributed by atoms with Crippen molar-refractivity contribution in [1.82, 2.24) is 30.4 Å². The van der Waals surface area contributed by atoms with Crippen molar-refractivity contribution < 1.29 is 9.53 Å². The van der Waals surface area contributed by atoms with Crippen LogP contribution in [0.5, 0.6) is 0 Å². The summed E-state index contributed by atoms with van der Waals surface area (Å²) in [6, 6.07) is 0.177. The first kappa shape index (κ1) is 17.1. The third-order valence-electron chi connectivity index (χ3n) is 6.38. The third kappa shape index (κ3) is 2.66. The van der Waals surface area contributed by atoms with Gasteiger partial charge < -0.3 is 15.0 Å². The lowest BCUT2D eigenvalue weighted by Gasteiger charge is -2.59. The highest BCUT2D eigenvalue weighted by Gasteiger charge is 2.58. The summed E-state index contributed by atoms with van der Waals surface area (Å²) in [5, 5.41) is 14.9. The van der Waals surface area contributed by atoms with Gasteiger partial charge in [-0.15, -0.1) is 5.10 Å². The number of aromatic nitrogens is 4. The van der Waals surface area contributed by atoms with Crippen molar-refractivity contribution in [2.24, 2.45) is 12.5 Å². The molecular weight excluding hydrogens is 308 g/mol. The summed E-state index contributed by atoms with van der Waals surface area (Å²) < 4.78 is 7.35. The van der Waals surface area contributed by atoms with Crippen LogP contribution in [-0.4, -0.2) is 63.0 Å². The Hall–Kier alpha value is -1.70. The van der Waals surface area contributed by atoms with Gasteiger partial charge in [-0.1, -0.05) is 13.8 Å². The number of nitrogens with zero attached hydrogens (tertiary/aromatic N) is 5. The van der Waals surface area contributed by atoms with Gasteiger partial charge in [-0.05, 0) is 36.6 Å². The average Bonchev–Trinajstić information content (AvgIpc) is 3.00. The Bertz CT molecular complexity index is 607. The standard InChI is InChI=1S/C16H28N6O2/c1-15(2)12(10-16(15,3)24-5)17-14(23)22-8-6-11(7-9-22)13-18-19-20-21(13)4/h11-12H,6-10H2,1-5H3,(H,17,23). The number of likely N-dealkylation sites (tertiary alicyclic amines) is 1. The van der Waals surface area contributed by atoms with Crippen molar-refractivity contribution in [1.29, 1.82) is 0 Å². The molecule has 8 heteroatoms. The van der Waals surface area contributed by atoms with E-state index >= 15 is 0 Å². The second-order valence-electron chi connectivity index (χ2n) is 7.78. The quantitative estimate of drug-likeness (QED) is 0.899. The zero-order chi connectivity index (χ0) is 17.5. The molecule has 1 N–H and O–H groups in total. The Kier molecular flexibility index (Phi) is 4.27. The van der Waals surface area contributed by atoms with Crippen LogP contribution in [0.15, 0.2) is 0 Å². The molecule has 0 bridgehead atoms. The second kappa shape index (κ2) is 5.98. The van der Waals surface area contributed by atoms with Gasteiger partial charge in [-0.25, -0.2) is 9.48 Å². The number of ether oxygens (including phenoxy) is 1. The molecule has 2 aliphatic rings. The first-order chi connectivity index (χ1) is 11.3. The number of hydrogen-bond donors (Lipinski definition) is 1. The molecule has 0 aromatic carbocycles. The molecule has 0 spiro atoms. The monoisotopic (exact) mass is 336 g/mol. The minimum Gasteiger partial charge on any atom is -0.378 e. The first-order valence-electron chi connectivity index (χ1n) is 8.61. The maximum absolute atomic E-state index is 12.6. The number of aryl methyl sites for hydroxylation is 1. The molecule has 2 fully saturated rings. The zero-order valence-electron chi connectivity index (χ0n) is 15.2. The molecular formula is C16H28N6O2. The number of urea groups is 1. The van der Waals surface area contributed by atoms with Gasteiger partial charge >= 0.3 is 6.03 Å². The predicted octanol–water partition coefficient (Wildman–Crippen LogP) is 1.30. The Morgan fingerprint density at radius 1 is 1.29 bits per heavy atom. The maximum atomic E-state index is 12.6. The van der Waals surface area contributed by atoms with Crippen LogP contribution in [0.3, 0.4) is 0 Å². The van der Waals surface area contributed by atoms with Gasteiger partial charge in [-0.3, -0.25) is 0 Å². The molecule has 8 nitrogen and oxygen atoms in total. The van der Waals surface area contributed by atoms with E-state index in [4.69, 9.17) is 4.74 Å². The number of hydrogen-bond acceptors (Lipinski definition) is 5. The smallest absolute Gasteiger partial charge is 0.317 e. The van der Waals surface area contributed by atoms with Crippen molar-refractivity contribution in [3.05, 3.63) is 5.82 Å². The summed E-state index contributed by atoms with van der Waals surface area (Å²) in [6.45, 7) is 7.88. The van der Waals surface area contributed by atoms with E-state index in [0.717, 1.165) is 38.2 Å². The summed E-state index contributed by atoms with van der Waals surface area (Å²) in [5.41, 5.74) is -0.240. The molecule has 2 unspecified atom stereocenters. The van der Waals surface area contributed by atoms with Crippen LogP contribution in [0, 0.1) is 5.41 Å². The topological polar surface area (TPSA) is 85.2 Å². The Balaban J connectivity index is 1.52. The number of amides is 2.